The summed E-state index contributed by atoms with van der Waals surface area (Å²) in [6.45, 7) is 9.95. The topological polar surface area (TPSA) is 145 Å². The predicted octanol–water partition coefficient (Wildman–Crippen LogP) is 8.57. The van der Waals surface area contributed by atoms with Gasteiger partial charge in [-0.1, -0.05) is 110 Å². The summed E-state index contributed by atoms with van der Waals surface area (Å²) in [5.41, 5.74) is 19.7. The van der Waals surface area contributed by atoms with E-state index in [4.69, 9.17) is 20.9 Å². The summed E-state index contributed by atoms with van der Waals surface area (Å²) in [7, 11) is 0. The third-order valence-corrected chi connectivity index (χ3v) is 14.3. The van der Waals surface area contributed by atoms with Crippen LogP contribution in [0.2, 0.25) is 0 Å². The second-order valence-electron chi connectivity index (χ2n) is 16.7. The normalized spacial score (nSPS) is 16.1. The van der Waals surface area contributed by atoms with Crippen molar-refractivity contribution in [2.24, 2.45) is 11.5 Å². The van der Waals surface area contributed by atoms with Gasteiger partial charge in [-0.3, -0.25) is 19.2 Å². The molecule has 10 nitrogen and oxygen atoms in total. The molecule has 0 saturated carbocycles. The smallest absolute Gasteiger partial charge is 0.219 e. The predicted molar refractivity (Wildman–Crippen MR) is 260 cm³/mol. The molecule has 2 aliphatic rings. The van der Waals surface area contributed by atoms with Gasteiger partial charge in [0, 0.05) is 71.3 Å². The molecule has 12 heteroatoms. The molecule has 5 aromatic rings. The molecule has 0 aromatic heterocycles. The van der Waals surface area contributed by atoms with Gasteiger partial charge in [0.05, 0.1) is 37.5 Å². The van der Waals surface area contributed by atoms with Crippen molar-refractivity contribution in [3.05, 3.63) is 166 Å². The highest BCUT2D eigenvalue weighted by Gasteiger charge is 2.34. The van der Waals surface area contributed by atoms with Gasteiger partial charge in [0.25, 0.3) is 0 Å². The van der Waals surface area contributed by atoms with Crippen molar-refractivity contribution >= 4 is 56.7 Å². The van der Waals surface area contributed by atoms with Crippen LogP contribution in [0.1, 0.15) is 90.4 Å². The molecule has 5 aromatic carbocycles. The number of morpholine rings is 2. The Morgan fingerprint density at radius 1 is 0.469 bits per heavy atom. The molecule has 0 radical (unpaired) electrons. The molecule has 0 spiro atoms. The summed E-state index contributed by atoms with van der Waals surface area (Å²) < 4.78 is 10.9. The van der Waals surface area contributed by atoms with Crippen molar-refractivity contribution in [2.75, 3.05) is 62.4 Å². The van der Waals surface area contributed by atoms with Gasteiger partial charge in [-0.15, -0.1) is 0 Å². The van der Waals surface area contributed by atoms with Crippen molar-refractivity contribution in [2.45, 2.75) is 62.1 Å². The van der Waals surface area contributed by atoms with Crippen LogP contribution in [0, 0.1) is 0 Å². The second-order valence-corrected chi connectivity index (χ2v) is 18.6. The standard InChI is InChI=1S/C52H58N4O6S2/c1-3-51(53,47(57)41-17-21-45(22-18-41)55-25-29-61-30-26-55)33-37-9-13-43(14-10-37)49(59)63-35-39-5-7-40(8-6-39)36-64-50(60)44-15-11-38(12-16-44)34-52(54,4-2)48(58)42-19-23-46(24-20-42)56-27-31-62-32-28-56/h5-24H,3-4,25-36,53-54H2,1-2H3. The second kappa shape index (κ2) is 21.7. The lowest BCUT2D eigenvalue weighted by atomic mass is 9.82. The number of carbonyl (C=O) groups is 4. The van der Waals surface area contributed by atoms with E-state index in [0.717, 1.165) is 59.8 Å². The Morgan fingerprint density at radius 2 is 0.766 bits per heavy atom. The van der Waals surface area contributed by atoms with E-state index in [2.05, 4.69) is 9.80 Å². The highest BCUT2D eigenvalue weighted by atomic mass is 32.2. The summed E-state index contributed by atoms with van der Waals surface area (Å²) in [4.78, 5) is 58.0. The third-order valence-electron chi connectivity index (χ3n) is 12.4. The van der Waals surface area contributed by atoms with Crippen LogP contribution >= 0.6 is 23.5 Å². The molecule has 2 saturated heterocycles. The summed E-state index contributed by atoms with van der Waals surface area (Å²) >= 11 is 2.47. The first-order chi connectivity index (χ1) is 31.0. The zero-order valence-electron chi connectivity index (χ0n) is 36.8. The van der Waals surface area contributed by atoms with E-state index in [1.54, 1.807) is 24.3 Å². The molecule has 334 valence electrons. The maximum atomic E-state index is 13.6. The number of carbonyl (C=O) groups excluding carboxylic acids is 4. The summed E-state index contributed by atoms with van der Waals surface area (Å²) in [6.07, 6.45) is 1.68. The molecule has 64 heavy (non-hydrogen) atoms. The zero-order valence-corrected chi connectivity index (χ0v) is 38.4. The molecule has 0 bridgehead atoms. The Morgan fingerprint density at radius 3 is 1.08 bits per heavy atom. The SMILES string of the molecule is CCC(N)(Cc1ccc(C(=O)SCc2ccc(CSC(=O)c3ccc(CC(N)(CC)C(=O)c4ccc(N5CCOCC5)cc4)cc3)cc2)cc1)C(=O)c1ccc(N2CCOCC2)cc1. The molecule has 2 fully saturated rings. The summed E-state index contributed by atoms with van der Waals surface area (Å²) in [6, 6.07) is 38.1. The van der Waals surface area contributed by atoms with Gasteiger partial charge >= 0.3 is 0 Å². The molecule has 2 heterocycles. The van der Waals surface area contributed by atoms with Gasteiger partial charge < -0.3 is 30.7 Å². The highest BCUT2D eigenvalue weighted by molar-refractivity contribution is 8.13. The maximum Gasteiger partial charge on any atom is 0.219 e. The number of ether oxygens (including phenoxy) is 2. The minimum atomic E-state index is -1.07. The fraction of sp³-hybridized carbons (Fsp3) is 0.346. The molecular weight excluding hydrogens is 841 g/mol. The Kier molecular flexibility index (Phi) is 15.9. The van der Waals surface area contributed by atoms with Gasteiger partial charge in [0.2, 0.25) is 10.2 Å². The Bertz CT molecular complexity index is 2200. The highest BCUT2D eigenvalue weighted by Crippen LogP contribution is 2.28. The number of nitrogens with zero attached hydrogens (tertiary/aromatic N) is 2. The van der Waals surface area contributed by atoms with Gasteiger partial charge in [-0.05, 0) is 96.5 Å². The van der Waals surface area contributed by atoms with Crippen LogP contribution in [0.25, 0.3) is 0 Å². The van der Waals surface area contributed by atoms with E-state index in [1.165, 1.54) is 23.5 Å². The average Bonchev–Trinajstić information content (AvgIpc) is 3.35. The van der Waals surface area contributed by atoms with Crippen LogP contribution in [0.5, 0.6) is 0 Å². The van der Waals surface area contributed by atoms with E-state index in [-0.39, 0.29) is 21.8 Å². The van der Waals surface area contributed by atoms with Crippen LogP contribution in [0.3, 0.4) is 0 Å². The number of hydrogen-bond donors (Lipinski definition) is 2. The first kappa shape index (κ1) is 46.9. The van der Waals surface area contributed by atoms with E-state index in [1.807, 2.05) is 111 Å². The average molecular weight is 899 g/mol. The van der Waals surface area contributed by atoms with Crippen LogP contribution in [-0.4, -0.2) is 85.5 Å². The largest absolute Gasteiger partial charge is 0.378 e. The first-order valence-electron chi connectivity index (χ1n) is 22.1. The minimum absolute atomic E-state index is 0.0402. The van der Waals surface area contributed by atoms with Gasteiger partial charge in [-0.2, -0.15) is 0 Å². The van der Waals surface area contributed by atoms with Gasteiger partial charge in [0.1, 0.15) is 0 Å². The quantitative estimate of drug-likeness (QED) is 0.0813. The molecule has 2 aliphatic heterocycles. The van der Waals surface area contributed by atoms with Crippen LogP contribution < -0.4 is 21.3 Å². The number of rotatable bonds is 18. The molecule has 4 N–H and O–H groups in total. The molecule has 0 amide bonds. The number of hydrogen-bond acceptors (Lipinski definition) is 12. The monoisotopic (exact) mass is 898 g/mol. The van der Waals surface area contributed by atoms with Gasteiger partial charge in [-0.25, -0.2) is 0 Å². The Hall–Kier alpha value is -5.08. The lowest BCUT2D eigenvalue weighted by molar-refractivity contribution is 0.0876. The number of benzene rings is 5. The Labute approximate surface area is 385 Å². The van der Waals surface area contributed by atoms with Crippen molar-refractivity contribution in [3.63, 3.8) is 0 Å². The number of Topliss-reactive ketones (excluding diaryl/α,β-unsaturated/α-hetero) is 2. The molecule has 2 unspecified atom stereocenters. The first-order valence-corrected chi connectivity index (χ1v) is 24.1. The fourth-order valence-electron chi connectivity index (χ4n) is 8.04. The molecule has 7 rings (SSSR count). The van der Waals surface area contributed by atoms with E-state index < -0.39 is 11.1 Å². The van der Waals surface area contributed by atoms with Crippen LogP contribution in [0.15, 0.2) is 121 Å². The van der Waals surface area contributed by atoms with Crippen molar-refractivity contribution in [1.82, 2.24) is 0 Å². The number of anilines is 2. The maximum absolute atomic E-state index is 13.6. The van der Waals surface area contributed by atoms with Crippen LogP contribution in [-0.2, 0) is 33.8 Å². The molecule has 0 aliphatic carbocycles. The van der Waals surface area contributed by atoms with E-state index >= 15 is 0 Å². The van der Waals surface area contributed by atoms with Crippen LogP contribution in [0.4, 0.5) is 11.4 Å². The number of ketones is 2. The van der Waals surface area contributed by atoms with Crippen molar-refractivity contribution in [1.29, 1.82) is 0 Å². The third kappa shape index (κ3) is 11.8. The molecular formula is C52H58N4O6S2. The lowest BCUT2D eigenvalue weighted by Crippen LogP contribution is -2.49. The lowest BCUT2D eigenvalue weighted by Gasteiger charge is -2.30. The van der Waals surface area contributed by atoms with Gasteiger partial charge in [0.15, 0.2) is 11.6 Å². The zero-order chi connectivity index (χ0) is 45.1. The van der Waals surface area contributed by atoms with E-state index in [0.29, 0.717) is 85.9 Å². The summed E-state index contributed by atoms with van der Waals surface area (Å²) in [5.74, 6) is 0.825. The summed E-state index contributed by atoms with van der Waals surface area (Å²) in [5, 5.41) is -0.0804. The molecule has 2 atom stereocenters. The minimum Gasteiger partial charge on any atom is -0.378 e. The van der Waals surface area contributed by atoms with E-state index in [9.17, 15) is 19.2 Å². The Balaban J connectivity index is 0.849. The number of thioether (sulfide) groups is 2. The number of nitrogens with two attached hydrogens (primary N) is 2. The van der Waals surface area contributed by atoms with Crippen molar-refractivity contribution < 1.29 is 28.7 Å². The fourth-order valence-corrected chi connectivity index (χ4v) is 9.62. The van der Waals surface area contributed by atoms with Crippen molar-refractivity contribution in [3.8, 4) is 0 Å².